The van der Waals surface area contributed by atoms with Gasteiger partial charge in [0.25, 0.3) is 0 Å². The summed E-state index contributed by atoms with van der Waals surface area (Å²) in [6, 6.07) is 7.50. The summed E-state index contributed by atoms with van der Waals surface area (Å²) in [4.78, 5) is 49.1. The summed E-state index contributed by atoms with van der Waals surface area (Å²) in [6.45, 7) is 5.50. The lowest BCUT2D eigenvalue weighted by molar-refractivity contribution is -0.138. The third kappa shape index (κ3) is 14.3. The maximum Gasteiger partial charge on any atom is 0.242 e. The highest BCUT2D eigenvalue weighted by molar-refractivity contribution is 8.00. The van der Waals surface area contributed by atoms with E-state index in [-0.39, 0.29) is 63.1 Å². The number of amides is 4. The maximum atomic E-state index is 12.1. The van der Waals surface area contributed by atoms with Gasteiger partial charge in [-0.05, 0) is 18.7 Å². The topological polar surface area (TPSA) is 184 Å². The molecule has 1 unspecified atom stereocenters. The van der Waals surface area contributed by atoms with Crippen molar-refractivity contribution in [3.8, 4) is 11.4 Å². The van der Waals surface area contributed by atoms with Gasteiger partial charge in [0.1, 0.15) is 0 Å². The maximum absolute atomic E-state index is 12.1. The molecular weight excluding hydrogens is 617 g/mol. The Morgan fingerprint density at radius 1 is 0.826 bits per heavy atom. The van der Waals surface area contributed by atoms with Crippen molar-refractivity contribution in [1.29, 1.82) is 0 Å². The number of likely N-dealkylation sites (tertiary alicyclic amines) is 1. The Labute approximate surface area is 274 Å². The lowest BCUT2D eigenvalue weighted by Gasteiger charge is -2.14. The normalized spacial score (nSPS) is 14.3. The number of aryl methyl sites for hydroxylation is 1. The Morgan fingerprint density at radius 2 is 1.39 bits per heavy atom. The molecule has 15 nitrogen and oxygen atoms in total. The first-order valence-electron chi connectivity index (χ1n) is 14.7. The van der Waals surface area contributed by atoms with Crippen molar-refractivity contribution < 1.29 is 38.1 Å². The minimum absolute atomic E-state index is 0. The molecule has 1 aliphatic rings. The van der Waals surface area contributed by atoms with Crippen molar-refractivity contribution in [2.45, 2.75) is 38.0 Å². The quantitative estimate of drug-likeness (QED) is 0.0975. The third-order valence-electron chi connectivity index (χ3n) is 6.49. The van der Waals surface area contributed by atoms with Crippen LogP contribution in [-0.2, 0) is 44.7 Å². The summed E-state index contributed by atoms with van der Waals surface area (Å²) in [7, 11) is 0. The fraction of sp³-hybridized carbons (Fsp3) is 0.586. The number of rotatable bonds is 22. The Morgan fingerprint density at radius 3 is 1.98 bits per heavy atom. The van der Waals surface area contributed by atoms with E-state index in [4.69, 9.17) is 18.9 Å². The first-order chi connectivity index (χ1) is 21.9. The predicted molar refractivity (Wildman–Crippen MR) is 170 cm³/mol. The van der Waals surface area contributed by atoms with Crippen LogP contribution in [0.3, 0.4) is 0 Å². The van der Waals surface area contributed by atoms with Crippen molar-refractivity contribution in [2.75, 3.05) is 72.2 Å². The van der Waals surface area contributed by atoms with Crippen LogP contribution in [0.1, 0.15) is 30.7 Å². The number of ether oxygens (including phenoxy) is 4. The van der Waals surface area contributed by atoms with Crippen LogP contribution in [0.2, 0.25) is 0 Å². The molecule has 2 aromatic rings. The number of nitrogens with zero attached hydrogens (tertiary/aromatic N) is 5. The van der Waals surface area contributed by atoms with Crippen molar-refractivity contribution >= 4 is 43.8 Å². The molecule has 1 aliphatic heterocycles. The fourth-order valence-electron chi connectivity index (χ4n) is 4.02. The monoisotopic (exact) mass is 658 g/mol. The van der Waals surface area contributed by atoms with Gasteiger partial charge in [0, 0.05) is 52.9 Å². The molecule has 46 heavy (non-hydrogen) atoms. The molecule has 3 rings (SSSR count). The first kappa shape index (κ1) is 38.7. The molecular formula is C29H41BN7O8S. The average Bonchev–Trinajstić information content (AvgIpc) is 3.32. The minimum atomic E-state index is -0.338. The number of nitrogens with one attached hydrogen (secondary N) is 2. The Kier molecular flexibility index (Phi) is 18.6. The van der Waals surface area contributed by atoms with Crippen LogP contribution in [0, 0.1) is 6.92 Å². The highest BCUT2D eigenvalue weighted by Gasteiger charge is 2.37. The zero-order chi connectivity index (χ0) is 32.3. The third-order valence-corrected chi connectivity index (χ3v) is 7.43. The van der Waals surface area contributed by atoms with Gasteiger partial charge < -0.3 is 29.6 Å². The number of hydrogen-bond donors (Lipinski definition) is 2. The summed E-state index contributed by atoms with van der Waals surface area (Å²) in [5, 5.41) is 21.1. The number of carbonyl (C=O) groups excluding carboxylic acids is 4. The largest absolute Gasteiger partial charge is 0.379 e. The lowest BCUT2D eigenvalue weighted by atomic mass is 10.1. The number of hydrogen-bond acceptors (Lipinski definition) is 13. The molecule has 0 spiro atoms. The van der Waals surface area contributed by atoms with Gasteiger partial charge >= 0.3 is 0 Å². The molecule has 0 bridgehead atoms. The van der Waals surface area contributed by atoms with Crippen LogP contribution in [0.15, 0.2) is 24.3 Å². The van der Waals surface area contributed by atoms with E-state index in [2.05, 4.69) is 31.0 Å². The van der Waals surface area contributed by atoms with E-state index >= 15 is 0 Å². The molecule has 2 N–H and O–H groups in total. The van der Waals surface area contributed by atoms with Crippen LogP contribution in [0.25, 0.3) is 11.4 Å². The zero-order valence-electron chi connectivity index (χ0n) is 26.3. The average molecular weight is 659 g/mol. The van der Waals surface area contributed by atoms with Crippen molar-refractivity contribution in [3.63, 3.8) is 0 Å². The molecule has 1 atom stereocenters. The van der Waals surface area contributed by atoms with E-state index in [1.165, 1.54) is 11.8 Å². The molecule has 2 heterocycles. The van der Waals surface area contributed by atoms with Gasteiger partial charge in [-0.3, -0.25) is 24.1 Å². The Hall–Kier alpha value is -3.51. The summed E-state index contributed by atoms with van der Waals surface area (Å²) >= 11 is 1.35. The van der Waals surface area contributed by atoms with E-state index < -0.39 is 0 Å². The molecule has 1 fully saturated rings. The van der Waals surface area contributed by atoms with Gasteiger partial charge in [-0.25, -0.2) is 0 Å². The molecule has 0 saturated carbocycles. The van der Waals surface area contributed by atoms with Crippen LogP contribution in [-0.4, -0.2) is 135 Å². The number of benzene rings is 1. The van der Waals surface area contributed by atoms with E-state index in [0.29, 0.717) is 77.6 Å². The van der Waals surface area contributed by atoms with Gasteiger partial charge in [-0.15, -0.1) is 20.4 Å². The van der Waals surface area contributed by atoms with Gasteiger partial charge in [-0.2, -0.15) is 11.8 Å². The van der Waals surface area contributed by atoms with E-state index in [0.717, 1.165) is 16.0 Å². The van der Waals surface area contributed by atoms with Gasteiger partial charge in [-0.1, -0.05) is 24.3 Å². The fourth-order valence-corrected chi connectivity index (χ4v) is 4.66. The summed E-state index contributed by atoms with van der Waals surface area (Å²) in [5.41, 5.74) is 1.74. The second-order valence-electron chi connectivity index (χ2n) is 9.86. The van der Waals surface area contributed by atoms with Gasteiger partial charge in [0.15, 0.2) is 5.82 Å². The molecule has 249 valence electrons. The van der Waals surface area contributed by atoms with Crippen LogP contribution in [0.5, 0.6) is 0 Å². The lowest BCUT2D eigenvalue weighted by Crippen LogP contribution is -2.36. The Bertz CT molecular complexity index is 1230. The molecule has 3 radical (unpaired) electrons. The molecule has 17 heteroatoms. The summed E-state index contributed by atoms with van der Waals surface area (Å²) < 4.78 is 21.8. The van der Waals surface area contributed by atoms with Crippen molar-refractivity contribution in [1.82, 2.24) is 35.9 Å². The number of aromatic nitrogens is 4. The van der Waals surface area contributed by atoms with Crippen LogP contribution >= 0.6 is 11.8 Å². The molecule has 4 amide bonds. The number of carbonyl (C=O) groups is 4. The predicted octanol–water partition coefficient (Wildman–Crippen LogP) is -0.0693. The van der Waals surface area contributed by atoms with E-state index in [1.54, 1.807) is 13.2 Å². The minimum Gasteiger partial charge on any atom is -0.379 e. The summed E-state index contributed by atoms with van der Waals surface area (Å²) in [5.74, 6) is 0.163. The highest BCUT2D eigenvalue weighted by atomic mass is 32.2. The Balaban J connectivity index is 0.00000736. The highest BCUT2D eigenvalue weighted by Crippen LogP contribution is 2.23. The second kappa shape index (κ2) is 22.1. The standard InChI is InChI=1S/C29H41N7O8S.B/c1-21-32-34-28(35-33-21)23-5-3-22(4-6-23)20-31-26(38)8-11-41-13-15-43-17-18-44-16-14-42-12-9-30-25(37)7-10-36-27(39)19-24(45-2)29(36)40;/h3-6,24H,7-20H2,1-2H3,(H,30,37)(H,31,38);. The molecule has 1 aromatic heterocycles. The smallest absolute Gasteiger partial charge is 0.242 e. The van der Waals surface area contributed by atoms with Gasteiger partial charge in [0.2, 0.25) is 29.5 Å². The molecule has 1 saturated heterocycles. The summed E-state index contributed by atoms with van der Waals surface area (Å²) in [6.07, 6.45) is 2.31. The van der Waals surface area contributed by atoms with E-state index in [9.17, 15) is 19.2 Å². The number of imide groups is 1. The molecule has 0 aliphatic carbocycles. The van der Waals surface area contributed by atoms with Gasteiger partial charge in [0.05, 0.1) is 58.1 Å². The van der Waals surface area contributed by atoms with Crippen molar-refractivity contribution in [2.24, 2.45) is 0 Å². The van der Waals surface area contributed by atoms with Crippen LogP contribution in [0.4, 0.5) is 0 Å². The first-order valence-corrected chi connectivity index (χ1v) is 16.0. The zero-order valence-corrected chi connectivity index (χ0v) is 27.1. The van der Waals surface area contributed by atoms with Crippen LogP contribution < -0.4 is 10.6 Å². The number of thioether (sulfide) groups is 1. The molecule has 1 aromatic carbocycles. The van der Waals surface area contributed by atoms with E-state index in [1.807, 2.05) is 24.3 Å². The van der Waals surface area contributed by atoms with Crippen molar-refractivity contribution in [3.05, 3.63) is 35.7 Å². The second-order valence-corrected chi connectivity index (χ2v) is 10.9. The SMILES string of the molecule is CSC1CC(=O)N(CCC(=O)NCCOCCOCCOCCOCCC(=O)NCc2ccc(-c3nnc(C)nn3)cc2)C1=O.[B].